The number of hydrogen-bond acceptors (Lipinski definition) is 6. The number of aromatic carboxylic acids is 1. The number of aromatic nitrogens is 3. The summed E-state index contributed by atoms with van der Waals surface area (Å²) in [7, 11) is 1.54. The van der Waals surface area contributed by atoms with Crippen molar-refractivity contribution in [2.45, 2.75) is 12.6 Å². The third-order valence-corrected chi connectivity index (χ3v) is 6.11. The van der Waals surface area contributed by atoms with E-state index in [1.807, 2.05) is 0 Å². The highest BCUT2D eigenvalue weighted by molar-refractivity contribution is 6.31. The smallest absolute Gasteiger partial charge is 0.419 e. The normalized spacial score (nSPS) is 15.5. The van der Waals surface area contributed by atoms with Crippen LogP contribution in [0, 0.1) is 0 Å². The number of nitrogens with zero attached hydrogens (tertiary/aromatic N) is 3. The van der Waals surface area contributed by atoms with Crippen LogP contribution in [0.2, 0.25) is 5.02 Å². The molecule has 168 valence electrons. The van der Waals surface area contributed by atoms with Gasteiger partial charge in [-0.15, -0.1) is 0 Å². The molecule has 1 atom stereocenters. The van der Waals surface area contributed by atoms with Gasteiger partial charge in [0.25, 0.3) is 5.56 Å². The highest BCUT2D eigenvalue weighted by atomic mass is 35.5. The number of hydrogen-bond donors (Lipinski definition) is 1. The molecule has 4 aromatic rings. The van der Waals surface area contributed by atoms with Gasteiger partial charge in [0.1, 0.15) is 5.56 Å². The van der Waals surface area contributed by atoms with E-state index in [0.717, 1.165) is 15.3 Å². The molecule has 1 aliphatic heterocycles. The second-order valence-corrected chi connectivity index (χ2v) is 8.00. The summed E-state index contributed by atoms with van der Waals surface area (Å²) in [5.74, 6) is -2.07. The molecule has 0 amide bonds. The van der Waals surface area contributed by atoms with Crippen molar-refractivity contribution in [1.82, 2.24) is 13.7 Å². The number of carboxylic acid groups (broad SMARTS) is 1. The van der Waals surface area contributed by atoms with Gasteiger partial charge in [0, 0.05) is 29.9 Å². The molecule has 2 aromatic heterocycles. The van der Waals surface area contributed by atoms with E-state index in [2.05, 4.69) is 0 Å². The van der Waals surface area contributed by atoms with Crippen molar-refractivity contribution in [3.63, 3.8) is 0 Å². The Hall–Kier alpha value is -3.89. The zero-order valence-corrected chi connectivity index (χ0v) is 17.9. The second kappa shape index (κ2) is 7.61. The van der Waals surface area contributed by atoms with Gasteiger partial charge in [-0.2, -0.15) is 0 Å². The lowest BCUT2D eigenvalue weighted by Gasteiger charge is -2.28. The molecule has 0 saturated heterocycles. The fraction of sp³-hybridized carbons (Fsp3) is 0.182. The van der Waals surface area contributed by atoms with Gasteiger partial charge < -0.3 is 14.3 Å². The first-order chi connectivity index (χ1) is 15.8. The first-order valence-electron chi connectivity index (χ1n) is 9.84. The molecule has 5 rings (SSSR count). The summed E-state index contributed by atoms with van der Waals surface area (Å²) in [6.45, 7) is 0.189. The van der Waals surface area contributed by atoms with Gasteiger partial charge in [-0.05, 0) is 23.8 Å². The van der Waals surface area contributed by atoms with E-state index in [9.17, 15) is 24.3 Å². The standard InChI is InChI=1S/C22H16ClN3O7/c1-24-16-6-5-11(7-18(16)33-22(24)31)25-8-13(20(28)29)19(27)26(21(25)30)17-10-32-9-14-12(17)3-2-4-15(14)23/h2-8,17H,9-10H2,1H3,(H,28,29). The first kappa shape index (κ1) is 21.0. The van der Waals surface area contributed by atoms with Crippen molar-refractivity contribution in [3.8, 4) is 5.69 Å². The quantitative estimate of drug-likeness (QED) is 0.485. The van der Waals surface area contributed by atoms with Crippen molar-refractivity contribution >= 4 is 28.7 Å². The van der Waals surface area contributed by atoms with Crippen molar-refractivity contribution in [2.24, 2.45) is 7.05 Å². The van der Waals surface area contributed by atoms with E-state index < -0.39 is 34.6 Å². The summed E-state index contributed by atoms with van der Waals surface area (Å²) in [6.07, 6.45) is 0.967. The predicted octanol–water partition coefficient (Wildman–Crippen LogP) is 1.92. The molecular weight excluding hydrogens is 454 g/mol. The average molecular weight is 470 g/mol. The van der Waals surface area contributed by atoms with Gasteiger partial charge >= 0.3 is 17.4 Å². The van der Waals surface area contributed by atoms with E-state index in [0.29, 0.717) is 21.7 Å². The number of oxazole rings is 1. The molecular formula is C22H16ClN3O7. The Bertz CT molecular complexity index is 1630. The Morgan fingerprint density at radius 2 is 1.97 bits per heavy atom. The lowest BCUT2D eigenvalue weighted by molar-refractivity contribution is 0.0685. The SMILES string of the molecule is Cn1c(=O)oc2cc(-n3cc(C(=O)O)c(=O)n(C4COCc5c(Cl)cccc54)c3=O)ccc21. The Balaban J connectivity index is 1.79. The van der Waals surface area contributed by atoms with Crippen LogP contribution in [0.3, 0.4) is 0 Å². The van der Waals surface area contributed by atoms with Crippen LogP contribution < -0.4 is 17.0 Å². The number of rotatable bonds is 3. The molecule has 33 heavy (non-hydrogen) atoms. The monoisotopic (exact) mass is 469 g/mol. The summed E-state index contributed by atoms with van der Waals surface area (Å²) >= 11 is 6.27. The first-order valence-corrected chi connectivity index (χ1v) is 10.2. The minimum atomic E-state index is -1.49. The molecule has 3 heterocycles. The van der Waals surface area contributed by atoms with E-state index in [4.69, 9.17) is 20.8 Å². The molecule has 10 nitrogen and oxygen atoms in total. The van der Waals surface area contributed by atoms with Gasteiger partial charge in [-0.25, -0.2) is 19.0 Å². The number of carboxylic acids is 1. The topological polar surface area (TPSA) is 126 Å². The molecule has 0 saturated carbocycles. The fourth-order valence-corrected chi connectivity index (χ4v) is 4.30. The molecule has 0 spiro atoms. The molecule has 0 radical (unpaired) electrons. The summed E-state index contributed by atoms with van der Waals surface area (Å²) in [6, 6.07) is 8.73. The van der Waals surface area contributed by atoms with Gasteiger partial charge in [-0.1, -0.05) is 23.7 Å². The van der Waals surface area contributed by atoms with Crippen LogP contribution in [0.15, 0.2) is 61.4 Å². The Labute approximate surface area is 189 Å². The molecule has 1 unspecified atom stereocenters. The molecule has 0 bridgehead atoms. The number of aryl methyl sites for hydroxylation is 1. The highest BCUT2D eigenvalue weighted by Gasteiger charge is 2.29. The van der Waals surface area contributed by atoms with Crippen molar-refractivity contribution in [3.05, 3.63) is 95.7 Å². The van der Waals surface area contributed by atoms with Crippen LogP contribution in [0.4, 0.5) is 0 Å². The van der Waals surface area contributed by atoms with Crippen LogP contribution in [-0.4, -0.2) is 31.4 Å². The van der Waals surface area contributed by atoms with Crippen molar-refractivity contribution < 1.29 is 19.1 Å². The van der Waals surface area contributed by atoms with E-state index in [1.54, 1.807) is 24.3 Å². The lowest BCUT2D eigenvalue weighted by atomic mass is 9.98. The number of benzene rings is 2. The molecule has 0 fully saturated rings. The number of carbonyl (C=O) groups is 1. The van der Waals surface area contributed by atoms with Gasteiger partial charge in [0.05, 0.1) is 30.5 Å². The zero-order valence-electron chi connectivity index (χ0n) is 17.1. The van der Waals surface area contributed by atoms with Gasteiger partial charge in [-0.3, -0.25) is 13.9 Å². The Morgan fingerprint density at radius 1 is 1.18 bits per heavy atom. The summed E-state index contributed by atoms with van der Waals surface area (Å²) < 4.78 is 14.0. The minimum Gasteiger partial charge on any atom is -0.477 e. The maximum Gasteiger partial charge on any atom is 0.419 e. The third kappa shape index (κ3) is 3.22. The van der Waals surface area contributed by atoms with Crippen molar-refractivity contribution in [1.29, 1.82) is 0 Å². The minimum absolute atomic E-state index is 0.0157. The fourth-order valence-electron chi connectivity index (χ4n) is 4.07. The molecule has 2 aromatic carbocycles. The lowest BCUT2D eigenvalue weighted by Crippen LogP contribution is -2.46. The van der Waals surface area contributed by atoms with Gasteiger partial charge in [0.2, 0.25) is 0 Å². The Morgan fingerprint density at radius 3 is 2.73 bits per heavy atom. The largest absolute Gasteiger partial charge is 0.477 e. The van der Waals surface area contributed by atoms with Crippen molar-refractivity contribution in [2.75, 3.05) is 6.61 Å². The van der Waals surface area contributed by atoms with Crippen LogP contribution in [-0.2, 0) is 18.4 Å². The van der Waals surface area contributed by atoms with Crippen LogP contribution in [0.5, 0.6) is 0 Å². The predicted molar refractivity (Wildman–Crippen MR) is 118 cm³/mol. The maximum atomic E-state index is 13.5. The van der Waals surface area contributed by atoms with Crippen LogP contribution in [0.1, 0.15) is 27.5 Å². The maximum absolute atomic E-state index is 13.5. The molecule has 11 heteroatoms. The molecule has 1 aliphatic rings. The molecule has 1 N–H and O–H groups in total. The third-order valence-electron chi connectivity index (χ3n) is 5.75. The van der Waals surface area contributed by atoms with E-state index >= 15 is 0 Å². The van der Waals surface area contributed by atoms with Crippen LogP contribution in [0.25, 0.3) is 16.8 Å². The van der Waals surface area contributed by atoms with Crippen LogP contribution >= 0.6 is 11.6 Å². The number of fused-ring (bicyclic) bond motifs is 2. The molecule has 0 aliphatic carbocycles. The van der Waals surface area contributed by atoms with E-state index in [1.165, 1.54) is 23.7 Å². The summed E-state index contributed by atoms with van der Waals surface area (Å²) in [5, 5.41) is 10.1. The zero-order chi connectivity index (χ0) is 23.4. The van der Waals surface area contributed by atoms with E-state index in [-0.39, 0.29) is 24.5 Å². The number of halogens is 1. The van der Waals surface area contributed by atoms with Gasteiger partial charge in [0.15, 0.2) is 5.58 Å². The average Bonchev–Trinajstić information content (AvgIpc) is 3.07. The summed E-state index contributed by atoms with van der Waals surface area (Å²) in [4.78, 5) is 50.3. The highest BCUT2D eigenvalue weighted by Crippen LogP contribution is 2.31. The second-order valence-electron chi connectivity index (χ2n) is 7.59. The Kier molecular flexibility index (Phi) is 4.84. The summed E-state index contributed by atoms with van der Waals surface area (Å²) in [5.41, 5.74) is -0.179. The number of ether oxygens (including phenoxy) is 1.